The average molecular weight is 513 g/mol. The molecule has 1 aliphatic rings. The first-order valence-electron chi connectivity index (χ1n) is 11.0. The smallest absolute Gasteiger partial charge is 0.285 e. The van der Waals surface area contributed by atoms with Gasteiger partial charge in [-0.3, -0.25) is 0 Å². The summed E-state index contributed by atoms with van der Waals surface area (Å²) in [4.78, 5) is 15.0. The van der Waals surface area contributed by atoms with E-state index in [1.165, 1.54) is 35.4 Å². The molecule has 1 fully saturated rings. The SMILES string of the molecule is COCCOC1CC(CN[S+](C)(=O)O)CN(c2cc(-c3cnc4ccc(C(F)F)nn34)ncn2)C1. The molecular formula is C21H28F2N7O4S+. The van der Waals surface area contributed by atoms with E-state index in [0.29, 0.717) is 62.1 Å². The maximum absolute atomic E-state index is 13.2. The number of alkyl halides is 2. The summed E-state index contributed by atoms with van der Waals surface area (Å²) in [5, 5.41) is 4.01. The topological polar surface area (TPSA) is 127 Å². The maximum atomic E-state index is 13.2. The highest BCUT2D eigenvalue weighted by atomic mass is 32.3. The first-order valence-corrected chi connectivity index (χ1v) is 12.9. The summed E-state index contributed by atoms with van der Waals surface area (Å²) in [5.74, 6) is 0.634. The minimum Gasteiger partial charge on any atom is -0.382 e. The van der Waals surface area contributed by atoms with E-state index in [0.717, 1.165) is 0 Å². The third kappa shape index (κ3) is 6.52. The molecule has 3 aromatic rings. The van der Waals surface area contributed by atoms with E-state index >= 15 is 0 Å². The van der Waals surface area contributed by atoms with Crippen molar-refractivity contribution in [1.82, 2.24) is 29.3 Å². The predicted molar refractivity (Wildman–Crippen MR) is 126 cm³/mol. The maximum Gasteiger partial charge on any atom is 0.285 e. The van der Waals surface area contributed by atoms with Crippen molar-refractivity contribution in [2.75, 3.05) is 51.1 Å². The number of aromatic nitrogens is 5. The fraction of sp³-hybridized carbons (Fsp3) is 0.524. The van der Waals surface area contributed by atoms with Crippen molar-refractivity contribution < 1.29 is 27.0 Å². The molecule has 4 rings (SSSR count). The molecule has 0 radical (unpaired) electrons. The van der Waals surface area contributed by atoms with Crippen molar-refractivity contribution in [1.29, 1.82) is 0 Å². The zero-order valence-electron chi connectivity index (χ0n) is 19.4. The van der Waals surface area contributed by atoms with Crippen LogP contribution in [0.25, 0.3) is 17.0 Å². The van der Waals surface area contributed by atoms with E-state index in [-0.39, 0.29) is 17.7 Å². The molecule has 0 aromatic carbocycles. The van der Waals surface area contributed by atoms with Gasteiger partial charge >= 0.3 is 0 Å². The van der Waals surface area contributed by atoms with Crippen LogP contribution in [0.2, 0.25) is 0 Å². The number of hydrogen-bond donors (Lipinski definition) is 2. The predicted octanol–water partition coefficient (Wildman–Crippen LogP) is 2.09. The van der Waals surface area contributed by atoms with Gasteiger partial charge in [0.05, 0.1) is 31.2 Å². The van der Waals surface area contributed by atoms with Crippen molar-refractivity contribution in [3.8, 4) is 11.4 Å². The zero-order valence-corrected chi connectivity index (χ0v) is 20.2. The lowest BCUT2D eigenvalue weighted by Crippen LogP contribution is -2.48. The van der Waals surface area contributed by atoms with Gasteiger partial charge in [-0.1, -0.05) is 0 Å². The summed E-state index contributed by atoms with van der Waals surface area (Å²) in [6, 6.07) is 4.48. The Labute approximate surface area is 202 Å². The molecule has 3 unspecified atom stereocenters. The summed E-state index contributed by atoms with van der Waals surface area (Å²) in [7, 11) is -1.48. The molecular weight excluding hydrogens is 484 g/mol. The molecule has 1 aliphatic heterocycles. The van der Waals surface area contributed by atoms with Crippen LogP contribution in [-0.4, -0.2) is 81.4 Å². The van der Waals surface area contributed by atoms with Crippen LogP contribution < -0.4 is 9.62 Å². The minimum absolute atomic E-state index is 0.0219. The van der Waals surface area contributed by atoms with Gasteiger partial charge in [-0.2, -0.15) is 9.65 Å². The van der Waals surface area contributed by atoms with Crippen molar-refractivity contribution in [3.05, 3.63) is 36.4 Å². The third-order valence-corrected chi connectivity index (χ3v) is 6.33. The summed E-state index contributed by atoms with van der Waals surface area (Å²) in [6.45, 7) is 2.34. The number of halogens is 2. The summed E-state index contributed by atoms with van der Waals surface area (Å²) >= 11 is 0. The molecule has 3 atom stereocenters. The molecule has 4 heterocycles. The Bertz CT molecular complexity index is 1190. The largest absolute Gasteiger partial charge is 0.382 e. The van der Waals surface area contributed by atoms with Crippen LogP contribution in [0.5, 0.6) is 0 Å². The molecule has 0 bridgehead atoms. The minimum atomic E-state index is -3.09. The van der Waals surface area contributed by atoms with Crippen molar-refractivity contribution in [3.63, 3.8) is 0 Å². The number of methoxy groups -OCH3 is 1. The Kier molecular flexibility index (Phi) is 7.96. The number of anilines is 1. The molecule has 0 amide bonds. The summed E-state index contributed by atoms with van der Waals surface area (Å²) in [6.07, 6.45) is 2.02. The zero-order chi connectivity index (χ0) is 25.0. The first-order chi connectivity index (χ1) is 16.7. The van der Waals surface area contributed by atoms with Gasteiger partial charge in [-0.15, -0.1) is 4.72 Å². The van der Waals surface area contributed by atoms with E-state index in [4.69, 9.17) is 9.47 Å². The lowest BCUT2D eigenvalue weighted by atomic mass is 9.96. The first kappa shape index (κ1) is 25.4. The molecule has 1 saturated heterocycles. The van der Waals surface area contributed by atoms with Gasteiger partial charge in [0.25, 0.3) is 16.8 Å². The second kappa shape index (κ2) is 11.0. The summed E-state index contributed by atoms with van der Waals surface area (Å²) in [5.41, 5.74) is 1.00. The van der Waals surface area contributed by atoms with Crippen LogP contribution in [0.15, 0.2) is 30.7 Å². The van der Waals surface area contributed by atoms with Crippen LogP contribution in [0, 0.1) is 5.92 Å². The van der Waals surface area contributed by atoms with Crippen LogP contribution in [0.4, 0.5) is 14.6 Å². The average Bonchev–Trinajstić information content (AvgIpc) is 3.26. The monoisotopic (exact) mass is 512 g/mol. The second-order valence-corrected chi connectivity index (χ2v) is 10.3. The molecule has 3 aromatic heterocycles. The van der Waals surface area contributed by atoms with Gasteiger partial charge in [-0.05, 0) is 28.7 Å². The number of rotatable bonds is 10. The lowest BCUT2D eigenvalue weighted by molar-refractivity contribution is 0.00203. The standard InChI is InChI=1S/C21H27F2N7O4S/c1-33-5-6-34-15-7-14(9-27-35(2,31)32)11-29(12-15)20-8-17(25-13-26-20)18-10-24-19-4-3-16(21(22)23)28-30(18)19/h3-4,8,10,13-15,21H,5-7,9,11-12H2,1-2H3,(H-,27,31,32)/p+1. The highest BCUT2D eigenvalue weighted by Gasteiger charge is 2.31. The number of nitrogens with zero attached hydrogens (tertiary/aromatic N) is 6. The normalized spacial score (nSPS) is 20.5. The molecule has 0 aliphatic carbocycles. The van der Waals surface area contributed by atoms with E-state index in [2.05, 4.69) is 24.8 Å². The molecule has 190 valence electrons. The number of fused-ring (bicyclic) bond motifs is 1. The van der Waals surface area contributed by atoms with Crippen LogP contribution >= 0.6 is 0 Å². The van der Waals surface area contributed by atoms with Crippen molar-refractivity contribution >= 4 is 21.9 Å². The molecule has 0 saturated carbocycles. The third-order valence-electron chi connectivity index (χ3n) is 5.63. The van der Waals surface area contributed by atoms with Gasteiger partial charge in [0, 0.05) is 32.8 Å². The molecule has 0 spiro atoms. The Morgan fingerprint density at radius 1 is 1.26 bits per heavy atom. The molecule has 35 heavy (non-hydrogen) atoms. The molecule has 2 N–H and O–H groups in total. The quantitative estimate of drug-likeness (QED) is 0.310. The molecule has 11 nitrogen and oxygen atoms in total. The lowest BCUT2D eigenvalue weighted by Gasteiger charge is -2.38. The van der Waals surface area contributed by atoms with Gasteiger partial charge in [0.1, 0.15) is 23.5 Å². The fourth-order valence-electron chi connectivity index (χ4n) is 4.02. The van der Waals surface area contributed by atoms with Gasteiger partial charge in [0.2, 0.25) is 0 Å². The van der Waals surface area contributed by atoms with Gasteiger partial charge in [0.15, 0.2) is 11.9 Å². The van der Waals surface area contributed by atoms with E-state index in [1.807, 2.05) is 4.90 Å². The van der Waals surface area contributed by atoms with Crippen LogP contribution in [0.1, 0.15) is 18.5 Å². The van der Waals surface area contributed by atoms with Crippen LogP contribution in [-0.2, 0) is 24.1 Å². The number of ether oxygens (including phenoxy) is 2. The highest BCUT2D eigenvalue weighted by molar-refractivity contribution is 7.95. The van der Waals surface area contributed by atoms with E-state index < -0.39 is 16.8 Å². The number of piperidine rings is 1. The number of hydrogen-bond acceptors (Lipinski definition) is 8. The Morgan fingerprint density at radius 3 is 2.83 bits per heavy atom. The van der Waals surface area contributed by atoms with Crippen molar-refractivity contribution in [2.45, 2.75) is 19.0 Å². The van der Waals surface area contributed by atoms with Gasteiger partial charge < -0.3 is 14.4 Å². The Morgan fingerprint density at radius 2 is 2.09 bits per heavy atom. The van der Waals surface area contributed by atoms with E-state index in [1.54, 1.807) is 13.2 Å². The highest BCUT2D eigenvalue weighted by Crippen LogP contribution is 2.27. The van der Waals surface area contributed by atoms with Crippen LogP contribution in [0.3, 0.4) is 0 Å². The van der Waals surface area contributed by atoms with Gasteiger partial charge in [-0.25, -0.2) is 28.2 Å². The fourth-order valence-corrected chi connectivity index (χ4v) is 4.56. The second-order valence-electron chi connectivity index (χ2n) is 8.38. The number of nitrogens with one attached hydrogen (secondary N) is 1. The summed E-state index contributed by atoms with van der Waals surface area (Å²) < 4.78 is 62.8. The number of imidazole rings is 1. The van der Waals surface area contributed by atoms with Crippen molar-refractivity contribution in [2.24, 2.45) is 5.92 Å². The Balaban J connectivity index is 1.59. The Hall–Kier alpha value is -2.65. The molecule has 14 heteroatoms. The van der Waals surface area contributed by atoms with E-state index in [9.17, 15) is 17.5 Å².